The van der Waals surface area contributed by atoms with Gasteiger partial charge in [0, 0.05) is 29.7 Å². The Morgan fingerprint density at radius 1 is 1.28 bits per heavy atom. The number of aromatic amines is 1. The van der Waals surface area contributed by atoms with Gasteiger partial charge in [-0.3, -0.25) is 4.79 Å². The molecule has 1 saturated heterocycles. The van der Waals surface area contributed by atoms with Gasteiger partial charge in [0.1, 0.15) is 0 Å². The van der Waals surface area contributed by atoms with E-state index in [2.05, 4.69) is 40.9 Å². The first-order chi connectivity index (χ1) is 13.8. The number of thioether (sulfide) groups is 1. The zero-order valence-corrected chi connectivity index (χ0v) is 17.9. The Morgan fingerprint density at radius 2 is 2.10 bits per heavy atom. The topological polar surface area (TPSA) is 75.0 Å². The zero-order chi connectivity index (χ0) is 20.2. The van der Waals surface area contributed by atoms with Crippen molar-refractivity contribution in [3.8, 4) is 11.5 Å². The van der Waals surface area contributed by atoms with E-state index in [1.54, 1.807) is 0 Å². The number of nitrogens with one attached hydrogen (secondary N) is 1. The van der Waals surface area contributed by atoms with Gasteiger partial charge in [0.05, 0.1) is 11.3 Å². The lowest BCUT2D eigenvalue weighted by Crippen LogP contribution is -2.38. The molecule has 3 heterocycles. The van der Waals surface area contributed by atoms with E-state index in [1.165, 1.54) is 18.2 Å². The largest absolute Gasteiger partial charge is 0.411 e. The number of amides is 1. The van der Waals surface area contributed by atoms with Gasteiger partial charge < -0.3 is 14.3 Å². The van der Waals surface area contributed by atoms with Crippen molar-refractivity contribution in [3.63, 3.8) is 0 Å². The van der Waals surface area contributed by atoms with Crippen LogP contribution in [0.5, 0.6) is 0 Å². The van der Waals surface area contributed by atoms with E-state index in [4.69, 9.17) is 4.42 Å². The molecule has 0 spiro atoms. The molecule has 2 aromatic heterocycles. The van der Waals surface area contributed by atoms with E-state index in [9.17, 15) is 4.79 Å². The number of rotatable bonds is 4. The molecule has 1 N–H and O–H groups in total. The lowest BCUT2D eigenvalue weighted by Gasteiger charge is -2.39. The molecule has 1 saturated carbocycles. The monoisotopic (exact) mass is 410 g/mol. The number of carbonyl (C=O) groups excluding carboxylic acids is 1. The summed E-state index contributed by atoms with van der Waals surface area (Å²) in [4.78, 5) is 18.3. The van der Waals surface area contributed by atoms with Gasteiger partial charge in [-0.25, -0.2) is 0 Å². The Hall–Kier alpha value is -2.28. The van der Waals surface area contributed by atoms with Crippen molar-refractivity contribution < 1.29 is 9.21 Å². The van der Waals surface area contributed by atoms with Crippen LogP contribution < -0.4 is 0 Å². The average molecular weight is 411 g/mol. The van der Waals surface area contributed by atoms with Crippen LogP contribution in [0.1, 0.15) is 40.0 Å². The van der Waals surface area contributed by atoms with Crippen LogP contribution in [0.15, 0.2) is 40.1 Å². The number of para-hydroxylation sites is 1. The molecular formula is C22H26N4O2S. The molecule has 1 aliphatic carbocycles. The Labute approximate surface area is 174 Å². The molecule has 2 bridgehead atoms. The summed E-state index contributed by atoms with van der Waals surface area (Å²) >= 11 is 1.33. The highest BCUT2D eigenvalue weighted by atomic mass is 32.2. The predicted molar refractivity (Wildman–Crippen MR) is 114 cm³/mol. The van der Waals surface area contributed by atoms with Crippen LogP contribution in [0.2, 0.25) is 0 Å². The molecule has 5 rings (SSSR count). The Balaban J connectivity index is 1.26. The van der Waals surface area contributed by atoms with Crippen LogP contribution in [-0.2, 0) is 4.79 Å². The smallest absolute Gasteiger partial charge is 0.277 e. The summed E-state index contributed by atoms with van der Waals surface area (Å²) in [7, 11) is 0. The summed E-state index contributed by atoms with van der Waals surface area (Å²) in [5, 5.41) is 9.81. The van der Waals surface area contributed by atoms with Crippen LogP contribution in [0, 0.1) is 10.8 Å². The molecule has 0 radical (unpaired) electrons. The summed E-state index contributed by atoms with van der Waals surface area (Å²) in [6.07, 6.45) is 5.28. The van der Waals surface area contributed by atoms with Gasteiger partial charge in [-0.1, -0.05) is 50.7 Å². The standard InChI is InChI=1S/C22H26N4O2S/c1-21(2)8-14-9-22(3,12-21)13-26(14)18(27)11-29-20-25-24-19(28-20)16-10-23-17-7-5-4-6-15(16)17/h4-7,10,14,23H,8-9,11-13H2,1-3H3/t14-,22-/m0/s1. The highest BCUT2D eigenvalue weighted by Gasteiger charge is 2.50. The lowest BCUT2D eigenvalue weighted by atomic mass is 9.65. The fraction of sp³-hybridized carbons (Fsp3) is 0.500. The Morgan fingerprint density at radius 3 is 2.97 bits per heavy atom. The van der Waals surface area contributed by atoms with Gasteiger partial charge >= 0.3 is 0 Å². The minimum Gasteiger partial charge on any atom is -0.411 e. The molecule has 29 heavy (non-hydrogen) atoms. The van der Waals surface area contributed by atoms with Crippen molar-refractivity contribution in [2.45, 2.75) is 51.3 Å². The number of likely N-dealkylation sites (tertiary alicyclic amines) is 1. The van der Waals surface area contributed by atoms with E-state index < -0.39 is 0 Å². The minimum absolute atomic E-state index is 0.174. The number of H-pyrrole nitrogens is 1. The van der Waals surface area contributed by atoms with E-state index in [0.717, 1.165) is 35.9 Å². The number of carbonyl (C=O) groups is 1. The Kier molecular flexibility index (Phi) is 4.28. The number of hydrogen-bond acceptors (Lipinski definition) is 5. The van der Waals surface area contributed by atoms with Crippen LogP contribution in [0.4, 0.5) is 0 Å². The molecule has 2 atom stereocenters. The van der Waals surface area contributed by atoms with E-state index in [1.807, 2.05) is 30.5 Å². The van der Waals surface area contributed by atoms with Crippen LogP contribution in [0.25, 0.3) is 22.4 Å². The summed E-state index contributed by atoms with van der Waals surface area (Å²) < 4.78 is 5.84. The second-order valence-corrected chi connectivity index (χ2v) is 10.6. The summed E-state index contributed by atoms with van der Waals surface area (Å²) in [6, 6.07) is 8.37. The second-order valence-electron chi connectivity index (χ2n) is 9.65. The second kappa shape index (κ2) is 6.62. The lowest BCUT2D eigenvalue weighted by molar-refractivity contribution is -0.129. The average Bonchev–Trinajstić information content (AvgIpc) is 3.34. The third-order valence-electron chi connectivity index (χ3n) is 6.28. The van der Waals surface area contributed by atoms with Crippen molar-refractivity contribution >= 4 is 28.6 Å². The molecule has 1 aliphatic heterocycles. The molecule has 1 aromatic carbocycles. The molecule has 7 heteroatoms. The fourth-order valence-electron chi connectivity index (χ4n) is 5.58. The van der Waals surface area contributed by atoms with Gasteiger partial charge in [0.15, 0.2) is 0 Å². The summed E-state index contributed by atoms with van der Waals surface area (Å²) in [6.45, 7) is 7.84. The number of fused-ring (bicyclic) bond motifs is 3. The van der Waals surface area contributed by atoms with E-state index >= 15 is 0 Å². The van der Waals surface area contributed by atoms with Crippen molar-refractivity contribution in [1.82, 2.24) is 20.1 Å². The highest BCUT2D eigenvalue weighted by Crippen LogP contribution is 2.52. The van der Waals surface area contributed by atoms with Gasteiger partial charge in [-0.2, -0.15) is 0 Å². The van der Waals surface area contributed by atoms with Crippen LogP contribution in [0.3, 0.4) is 0 Å². The molecule has 6 nitrogen and oxygen atoms in total. The maximum atomic E-state index is 12.9. The van der Waals surface area contributed by atoms with Gasteiger partial charge in [-0.05, 0) is 36.2 Å². The van der Waals surface area contributed by atoms with Gasteiger partial charge in [-0.15, -0.1) is 10.2 Å². The summed E-state index contributed by atoms with van der Waals surface area (Å²) in [5.41, 5.74) is 2.47. The molecule has 2 fully saturated rings. The van der Waals surface area contributed by atoms with Crippen LogP contribution >= 0.6 is 11.8 Å². The van der Waals surface area contributed by atoms with Crippen molar-refractivity contribution in [1.29, 1.82) is 0 Å². The van der Waals surface area contributed by atoms with E-state index in [0.29, 0.717) is 28.3 Å². The minimum atomic E-state index is 0.174. The van der Waals surface area contributed by atoms with Gasteiger partial charge in [0.25, 0.3) is 11.1 Å². The maximum absolute atomic E-state index is 12.9. The first kappa shape index (κ1) is 18.7. The highest BCUT2D eigenvalue weighted by molar-refractivity contribution is 7.99. The molecular weight excluding hydrogens is 384 g/mol. The quantitative estimate of drug-likeness (QED) is 0.629. The molecule has 1 amide bonds. The number of aromatic nitrogens is 3. The molecule has 152 valence electrons. The fourth-order valence-corrected chi connectivity index (χ4v) is 6.23. The zero-order valence-electron chi connectivity index (χ0n) is 17.1. The Bertz CT molecular complexity index is 1070. The number of nitrogens with zero attached hydrogens (tertiary/aromatic N) is 3. The van der Waals surface area contributed by atoms with Crippen molar-refractivity contribution in [2.24, 2.45) is 10.8 Å². The predicted octanol–water partition coefficient (Wildman–Crippen LogP) is 4.74. The van der Waals surface area contributed by atoms with Crippen LogP contribution in [-0.4, -0.2) is 44.3 Å². The van der Waals surface area contributed by atoms with Gasteiger partial charge in [0.2, 0.25) is 5.91 Å². The number of benzene rings is 1. The summed E-state index contributed by atoms with van der Waals surface area (Å²) in [5.74, 6) is 0.986. The maximum Gasteiger partial charge on any atom is 0.277 e. The van der Waals surface area contributed by atoms with E-state index in [-0.39, 0.29) is 11.3 Å². The number of hydrogen-bond donors (Lipinski definition) is 1. The normalized spacial score (nSPS) is 25.6. The first-order valence-electron chi connectivity index (χ1n) is 10.1. The molecule has 3 aromatic rings. The van der Waals surface area contributed by atoms with Crippen molar-refractivity contribution in [2.75, 3.05) is 12.3 Å². The van der Waals surface area contributed by atoms with Crippen molar-refractivity contribution in [3.05, 3.63) is 30.5 Å². The molecule has 2 aliphatic rings. The first-order valence-corrected chi connectivity index (χ1v) is 11.1. The third kappa shape index (κ3) is 3.45. The molecule has 0 unspecified atom stereocenters. The third-order valence-corrected chi connectivity index (χ3v) is 7.08. The SMILES string of the molecule is CC1(C)C[C@H]2C[C@](C)(CN2C(=O)CSc2nnc(-c3c[nH]c4ccccc34)o2)C1.